The highest BCUT2D eigenvalue weighted by molar-refractivity contribution is 9.09. The SMILES string of the molecule is CCc1nc(C)ccc1OCCCCBr. The Morgan fingerprint density at radius 2 is 2.13 bits per heavy atom. The number of ether oxygens (including phenoxy) is 1. The summed E-state index contributed by atoms with van der Waals surface area (Å²) in [6, 6.07) is 4.02. The Labute approximate surface area is 100 Å². The number of halogens is 1. The fourth-order valence-corrected chi connectivity index (χ4v) is 1.76. The Morgan fingerprint density at radius 1 is 1.33 bits per heavy atom. The summed E-state index contributed by atoms with van der Waals surface area (Å²) in [5.41, 5.74) is 2.12. The van der Waals surface area contributed by atoms with Gasteiger partial charge in [0.1, 0.15) is 5.75 Å². The average molecular weight is 272 g/mol. The first-order chi connectivity index (χ1) is 7.27. The maximum Gasteiger partial charge on any atom is 0.140 e. The lowest BCUT2D eigenvalue weighted by atomic mass is 10.2. The van der Waals surface area contributed by atoms with Gasteiger partial charge in [0.05, 0.1) is 12.3 Å². The van der Waals surface area contributed by atoms with E-state index in [-0.39, 0.29) is 0 Å². The van der Waals surface area contributed by atoms with Crippen molar-refractivity contribution < 1.29 is 4.74 Å². The van der Waals surface area contributed by atoms with Gasteiger partial charge in [-0.3, -0.25) is 4.98 Å². The maximum absolute atomic E-state index is 5.70. The molecule has 0 aromatic carbocycles. The molecule has 1 rings (SSSR count). The number of hydrogen-bond acceptors (Lipinski definition) is 2. The normalized spacial score (nSPS) is 10.3. The quantitative estimate of drug-likeness (QED) is 0.584. The van der Waals surface area contributed by atoms with E-state index < -0.39 is 0 Å². The molecule has 0 saturated carbocycles. The van der Waals surface area contributed by atoms with Crippen molar-refractivity contribution >= 4 is 15.9 Å². The fraction of sp³-hybridized carbons (Fsp3) is 0.583. The summed E-state index contributed by atoms with van der Waals surface area (Å²) in [4.78, 5) is 4.46. The van der Waals surface area contributed by atoms with Crippen LogP contribution in [0.1, 0.15) is 31.2 Å². The van der Waals surface area contributed by atoms with Gasteiger partial charge in [0.25, 0.3) is 0 Å². The van der Waals surface area contributed by atoms with E-state index in [2.05, 4.69) is 27.8 Å². The molecular formula is C12H18BrNO. The molecule has 0 aliphatic carbocycles. The van der Waals surface area contributed by atoms with Gasteiger partial charge in [0.2, 0.25) is 0 Å². The third kappa shape index (κ3) is 4.20. The zero-order chi connectivity index (χ0) is 11.1. The molecule has 0 aliphatic heterocycles. The summed E-state index contributed by atoms with van der Waals surface area (Å²) in [7, 11) is 0. The van der Waals surface area contributed by atoms with E-state index in [1.165, 1.54) is 0 Å². The molecule has 0 amide bonds. The third-order valence-electron chi connectivity index (χ3n) is 2.19. The molecule has 15 heavy (non-hydrogen) atoms. The summed E-state index contributed by atoms with van der Waals surface area (Å²) in [5, 5.41) is 1.04. The molecule has 0 spiro atoms. The first kappa shape index (κ1) is 12.5. The standard InChI is InChI=1S/C12H18BrNO/c1-3-11-12(7-6-10(2)14-11)15-9-5-4-8-13/h6-7H,3-5,8-9H2,1-2H3. The Balaban J connectivity index is 2.52. The van der Waals surface area contributed by atoms with Crippen molar-refractivity contribution in [3.63, 3.8) is 0 Å². The predicted octanol–water partition coefficient (Wildman–Crippen LogP) is 3.51. The second kappa shape index (κ2) is 6.83. The third-order valence-corrected chi connectivity index (χ3v) is 2.75. The molecule has 1 heterocycles. The highest BCUT2D eigenvalue weighted by atomic mass is 79.9. The van der Waals surface area contributed by atoms with Crippen molar-refractivity contribution in [3.8, 4) is 5.75 Å². The molecule has 0 unspecified atom stereocenters. The Kier molecular flexibility index (Phi) is 5.69. The molecule has 2 nitrogen and oxygen atoms in total. The van der Waals surface area contributed by atoms with E-state index in [9.17, 15) is 0 Å². The number of aromatic nitrogens is 1. The Bertz CT molecular complexity index is 302. The minimum absolute atomic E-state index is 0.781. The first-order valence-electron chi connectivity index (χ1n) is 5.43. The molecule has 0 radical (unpaired) electrons. The van der Waals surface area contributed by atoms with Crippen molar-refractivity contribution in [1.82, 2.24) is 4.98 Å². The van der Waals surface area contributed by atoms with Crippen LogP contribution in [0, 0.1) is 6.92 Å². The molecule has 0 aliphatic rings. The number of hydrogen-bond donors (Lipinski definition) is 0. The number of nitrogens with zero attached hydrogens (tertiary/aromatic N) is 1. The monoisotopic (exact) mass is 271 g/mol. The van der Waals surface area contributed by atoms with E-state index in [1.54, 1.807) is 0 Å². The summed E-state index contributed by atoms with van der Waals surface area (Å²) < 4.78 is 5.70. The topological polar surface area (TPSA) is 22.1 Å². The molecule has 3 heteroatoms. The van der Waals surface area contributed by atoms with Gasteiger partial charge in [0.15, 0.2) is 0 Å². The van der Waals surface area contributed by atoms with Crippen molar-refractivity contribution in [2.24, 2.45) is 0 Å². The average Bonchev–Trinajstić information content (AvgIpc) is 2.26. The van der Waals surface area contributed by atoms with Crippen LogP contribution in [-0.2, 0) is 6.42 Å². The molecule has 0 fully saturated rings. The van der Waals surface area contributed by atoms with Gasteiger partial charge in [-0.2, -0.15) is 0 Å². The molecule has 0 atom stereocenters. The van der Waals surface area contributed by atoms with Crippen LogP contribution in [0.2, 0.25) is 0 Å². The van der Waals surface area contributed by atoms with Crippen molar-refractivity contribution in [3.05, 3.63) is 23.5 Å². The van der Waals surface area contributed by atoms with E-state index in [0.717, 1.165) is 48.3 Å². The maximum atomic E-state index is 5.70. The number of pyridine rings is 1. The lowest BCUT2D eigenvalue weighted by Gasteiger charge is -2.09. The zero-order valence-corrected chi connectivity index (χ0v) is 11.0. The molecule has 1 aromatic heterocycles. The molecule has 0 N–H and O–H groups in total. The van der Waals surface area contributed by atoms with Gasteiger partial charge in [-0.05, 0) is 38.3 Å². The predicted molar refractivity (Wildman–Crippen MR) is 66.9 cm³/mol. The first-order valence-corrected chi connectivity index (χ1v) is 6.55. The zero-order valence-electron chi connectivity index (χ0n) is 9.42. The van der Waals surface area contributed by atoms with Gasteiger partial charge in [-0.15, -0.1) is 0 Å². The van der Waals surface area contributed by atoms with Crippen molar-refractivity contribution in [2.75, 3.05) is 11.9 Å². The van der Waals surface area contributed by atoms with Crippen LogP contribution in [0.3, 0.4) is 0 Å². The summed E-state index contributed by atoms with van der Waals surface area (Å²) in [5.74, 6) is 0.942. The van der Waals surface area contributed by atoms with Crippen LogP contribution in [-0.4, -0.2) is 16.9 Å². The van der Waals surface area contributed by atoms with E-state index in [1.807, 2.05) is 19.1 Å². The Hall–Kier alpha value is -0.570. The molecule has 0 bridgehead atoms. The smallest absolute Gasteiger partial charge is 0.140 e. The van der Waals surface area contributed by atoms with Crippen LogP contribution < -0.4 is 4.74 Å². The molecule has 0 saturated heterocycles. The number of alkyl halides is 1. The second-order valence-corrected chi connectivity index (χ2v) is 4.29. The summed E-state index contributed by atoms with van der Waals surface area (Å²) >= 11 is 3.41. The largest absolute Gasteiger partial charge is 0.492 e. The lowest BCUT2D eigenvalue weighted by molar-refractivity contribution is 0.305. The summed E-state index contributed by atoms with van der Waals surface area (Å²) in [6.07, 6.45) is 3.17. The van der Waals surface area contributed by atoms with E-state index in [4.69, 9.17) is 4.74 Å². The molecular weight excluding hydrogens is 254 g/mol. The fourth-order valence-electron chi connectivity index (χ4n) is 1.36. The van der Waals surface area contributed by atoms with Crippen LogP contribution in [0.5, 0.6) is 5.75 Å². The van der Waals surface area contributed by atoms with Gasteiger partial charge in [0, 0.05) is 11.0 Å². The van der Waals surface area contributed by atoms with Gasteiger partial charge in [-0.25, -0.2) is 0 Å². The van der Waals surface area contributed by atoms with E-state index >= 15 is 0 Å². The van der Waals surface area contributed by atoms with Crippen LogP contribution in [0.15, 0.2) is 12.1 Å². The van der Waals surface area contributed by atoms with Gasteiger partial charge < -0.3 is 4.74 Å². The number of rotatable bonds is 6. The highest BCUT2D eigenvalue weighted by Gasteiger charge is 2.03. The van der Waals surface area contributed by atoms with Gasteiger partial charge >= 0.3 is 0 Å². The van der Waals surface area contributed by atoms with Crippen LogP contribution in [0.25, 0.3) is 0 Å². The Morgan fingerprint density at radius 3 is 2.80 bits per heavy atom. The summed E-state index contributed by atoms with van der Waals surface area (Å²) in [6.45, 7) is 4.89. The molecule has 1 aromatic rings. The van der Waals surface area contributed by atoms with Crippen LogP contribution in [0.4, 0.5) is 0 Å². The minimum Gasteiger partial charge on any atom is -0.492 e. The number of unbranched alkanes of at least 4 members (excludes halogenated alkanes) is 1. The number of aryl methyl sites for hydroxylation is 2. The van der Waals surface area contributed by atoms with Crippen molar-refractivity contribution in [2.45, 2.75) is 33.1 Å². The second-order valence-electron chi connectivity index (χ2n) is 3.50. The highest BCUT2D eigenvalue weighted by Crippen LogP contribution is 2.17. The van der Waals surface area contributed by atoms with Gasteiger partial charge in [-0.1, -0.05) is 22.9 Å². The van der Waals surface area contributed by atoms with Crippen molar-refractivity contribution in [1.29, 1.82) is 0 Å². The van der Waals surface area contributed by atoms with E-state index in [0.29, 0.717) is 0 Å². The minimum atomic E-state index is 0.781. The van der Waals surface area contributed by atoms with Crippen LogP contribution >= 0.6 is 15.9 Å². The lowest BCUT2D eigenvalue weighted by Crippen LogP contribution is -2.02. The molecule has 84 valence electrons.